The van der Waals surface area contributed by atoms with Crippen molar-refractivity contribution in [1.29, 1.82) is 0 Å². The van der Waals surface area contributed by atoms with Gasteiger partial charge in [0, 0.05) is 44.1 Å². The van der Waals surface area contributed by atoms with Gasteiger partial charge in [-0.3, -0.25) is 9.59 Å². The standard InChI is InChI=1S/C19H23N3O3/c1-14(23)16-11-17(20-12-16)19(24)21(2)13-15-5-3-4-6-18(15)22-7-9-25-10-8-22/h3-6,11-12,20H,7-10,13H2,1-2H3. The van der Waals surface area contributed by atoms with Crippen molar-refractivity contribution < 1.29 is 14.3 Å². The predicted octanol–water partition coefficient (Wildman–Crippen LogP) is 2.33. The third kappa shape index (κ3) is 3.91. The first-order valence-corrected chi connectivity index (χ1v) is 8.41. The third-order valence-corrected chi connectivity index (χ3v) is 4.42. The molecule has 0 atom stereocenters. The summed E-state index contributed by atoms with van der Waals surface area (Å²) in [6.07, 6.45) is 1.57. The highest BCUT2D eigenvalue weighted by Gasteiger charge is 2.19. The molecule has 0 unspecified atom stereocenters. The summed E-state index contributed by atoms with van der Waals surface area (Å²) >= 11 is 0. The number of hydrogen-bond acceptors (Lipinski definition) is 4. The van der Waals surface area contributed by atoms with Gasteiger partial charge >= 0.3 is 0 Å². The summed E-state index contributed by atoms with van der Waals surface area (Å²) in [5.74, 6) is -0.195. The molecule has 2 aromatic rings. The van der Waals surface area contributed by atoms with Crippen LogP contribution in [0.3, 0.4) is 0 Å². The Hall–Kier alpha value is -2.60. The molecule has 1 fully saturated rings. The molecule has 0 aliphatic carbocycles. The molecule has 0 radical (unpaired) electrons. The Morgan fingerprint density at radius 1 is 1.24 bits per heavy atom. The van der Waals surface area contributed by atoms with Gasteiger partial charge in [0.15, 0.2) is 5.78 Å². The fourth-order valence-corrected chi connectivity index (χ4v) is 3.01. The van der Waals surface area contributed by atoms with E-state index in [9.17, 15) is 9.59 Å². The first-order valence-electron chi connectivity index (χ1n) is 8.41. The summed E-state index contributed by atoms with van der Waals surface area (Å²) in [5, 5.41) is 0. The minimum atomic E-state index is -0.135. The molecule has 1 amide bonds. The summed E-state index contributed by atoms with van der Waals surface area (Å²) in [7, 11) is 1.77. The molecule has 25 heavy (non-hydrogen) atoms. The average Bonchev–Trinajstić information content (AvgIpc) is 3.12. The fraction of sp³-hybridized carbons (Fsp3) is 0.368. The second-order valence-electron chi connectivity index (χ2n) is 6.25. The number of aromatic amines is 1. The van der Waals surface area contributed by atoms with E-state index in [-0.39, 0.29) is 11.7 Å². The van der Waals surface area contributed by atoms with Crippen LogP contribution >= 0.6 is 0 Å². The topological polar surface area (TPSA) is 65.6 Å². The molecular formula is C19H23N3O3. The number of carbonyl (C=O) groups excluding carboxylic acids is 2. The van der Waals surface area contributed by atoms with Gasteiger partial charge in [0.1, 0.15) is 5.69 Å². The molecule has 1 aliphatic rings. The lowest BCUT2D eigenvalue weighted by Gasteiger charge is -2.31. The number of amides is 1. The van der Waals surface area contributed by atoms with Crippen molar-refractivity contribution in [3.8, 4) is 0 Å². The Labute approximate surface area is 147 Å². The van der Waals surface area contributed by atoms with Crippen LogP contribution in [0.2, 0.25) is 0 Å². The maximum Gasteiger partial charge on any atom is 0.270 e. The zero-order chi connectivity index (χ0) is 17.8. The Balaban J connectivity index is 1.74. The summed E-state index contributed by atoms with van der Waals surface area (Å²) in [6, 6.07) is 9.74. The van der Waals surface area contributed by atoms with E-state index in [1.165, 1.54) is 6.92 Å². The Morgan fingerprint density at radius 3 is 2.64 bits per heavy atom. The largest absolute Gasteiger partial charge is 0.378 e. The Kier molecular flexibility index (Phi) is 5.19. The van der Waals surface area contributed by atoms with E-state index in [0.717, 1.165) is 37.6 Å². The Bertz CT molecular complexity index is 763. The summed E-state index contributed by atoms with van der Waals surface area (Å²) in [5.41, 5.74) is 3.18. The minimum absolute atomic E-state index is 0.0596. The molecule has 1 aliphatic heterocycles. The van der Waals surface area contributed by atoms with Crippen molar-refractivity contribution in [2.75, 3.05) is 38.3 Å². The lowest BCUT2D eigenvalue weighted by atomic mass is 10.1. The van der Waals surface area contributed by atoms with Crippen LogP contribution in [0.4, 0.5) is 5.69 Å². The van der Waals surface area contributed by atoms with Gasteiger partial charge in [0.25, 0.3) is 5.91 Å². The molecule has 1 aromatic carbocycles. The number of carbonyl (C=O) groups is 2. The van der Waals surface area contributed by atoms with Crippen molar-refractivity contribution >= 4 is 17.4 Å². The highest BCUT2D eigenvalue weighted by Crippen LogP contribution is 2.23. The van der Waals surface area contributed by atoms with Gasteiger partial charge in [-0.15, -0.1) is 0 Å². The minimum Gasteiger partial charge on any atom is -0.378 e. The van der Waals surface area contributed by atoms with E-state index in [2.05, 4.69) is 16.0 Å². The van der Waals surface area contributed by atoms with Crippen molar-refractivity contribution in [3.05, 3.63) is 53.3 Å². The maximum absolute atomic E-state index is 12.6. The number of nitrogens with one attached hydrogen (secondary N) is 1. The van der Waals surface area contributed by atoms with Gasteiger partial charge in [-0.2, -0.15) is 0 Å². The number of hydrogen-bond donors (Lipinski definition) is 1. The summed E-state index contributed by atoms with van der Waals surface area (Å²) < 4.78 is 5.42. The van der Waals surface area contributed by atoms with E-state index in [4.69, 9.17) is 4.74 Å². The molecule has 0 saturated carbocycles. The molecule has 0 bridgehead atoms. The van der Waals surface area contributed by atoms with E-state index < -0.39 is 0 Å². The number of para-hydroxylation sites is 1. The molecule has 1 aromatic heterocycles. The van der Waals surface area contributed by atoms with Crippen LogP contribution in [-0.4, -0.2) is 54.9 Å². The highest BCUT2D eigenvalue weighted by atomic mass is 16.5. The number of Topliss-reactive ketones (excluding diaryl/α,β-unsaturated/α-hetero) is 1. The van der Waals surface area contributed by atoms with Gasteiger partial charge < -0.3 is 19.5 Å². The van der Waals surface area contributed by atoms with E-state index >= 15 is 0 Å². The zero-order valence-corrected chi connectivity index (χ0v) is 14.6. The quantitative estimate of drug-likeness (QED) is 0.848. The Morgan fingerprint density at radius 2 is 1.96 bits per heavy atom. The van der Waals surface area contributed by atoms with Crippen LogP contribution in [0.1, 0.15) is 33.3 Å². The summed E-state index contributed by atoms with van der Waals surface area (Å²) in [6.45, 7) is 5.14. The van der Waals surface area contributed by atoms with Crippen LogP contribution < -0.4 is 4.90 Å². The van der Waals surface area contributed by atoms with Crippen molar-refractivity contribution in [2.45, 2.75) is 13.5 Å². The second-order valence-corrected chi connectivity index (χ2v) is 6.25. The number of rotatable bonds is 5. The number of anilines is 1. The average molecular weight is 341 g/mol. The molecule has 1 saturated heterocycles. The lowest BCUT2D eigenvalue weighted by molar-refractivity contribution is 0.0779. The molecule has 2 heterocycles. The first kappa shape index (κ1) is 17.2. The van der Waals surface area contributed by atoms with E-state index in [0.29, 0.717) is 17.8 Å². The third-order valence-electron chi connectivity index (χ3n) is 4.42. The van der Waals surface area contributed by atoms with E-state index in [1.54, 1.807) is 24.2 Å². The van der Waals surface area contributed by atoms with Crippen molar-refractivity contribution in [2.24, 2.45) is 0 Å². The number of aromatic nitrogens is 1. The molecule has 3 rings (SSSR count). The number of H-pyrrole nitrogens is 1. The van der Waals surface area contributed by atoms with E-state index in [1.807, 2.05) is 18.2 Å². The van der Waals surface area contributed by atoms with Crippen LogP contribution in [0.25, 0.3) is 0 Å². The molecule has 0 spiro atoms. The van der Waals surface area contributed by atoms with Gasteiger partial charge in [0.2, 0.25) is 0 Å². The van der Waals surface area contributed by atoms with Crippen molar-refractivity contribution in [3.63, 3.8) is 0 Å². The predicted molar refractivity (Wildman–Crippen MR) is 96.1 cm³/mol. The second kappa shape index (κ2) is 7.53. The van der Waals surface area contributed by atoms with Gasteiger partial charge in [-0.05, 0) is 24.6 Å². The maximum atomic E-state index is 12.6. The van der Waals surface area contributed by atoms with Crippen molar-refractivity contribution in [1.82, 2.24) is 9.88 Å². The van der Waals surface area contributed by atoms with Gasteiger partial charge in [0.05, 0.1) is 13.2 Å². The number of morpholine rings is 1. The smallest absolute Gasteiger partial charge is 0.270 e. The number of ketones is 1. The molecular weight excluding hydrogens is 318 g/mol. The van der Waals surface area contributed by atoms with Crippen LogP contribution in [0, 0.1) is 0 Å². The summed E-state index contributed by atoms with van der Waals surface area (Å²) in [4.78, 5) is 30.9. The van der Waals surface area contributed by atoms with Crippen LogP contribution in [0.5, 0.6) is 0 Å². The number of nitrogens with zero attached hydrogens (tertiary/aromatic N) is 2. The number of benzene rings is 1. The van der Waals surface area contributed by atoms with Crippen LogP contribution in [0.15, 0.2) is 36.5 Å². The van der Waals surface area contributed by atoms with Crippen LogP contribution in [-0.2, 0) is 11.3 Å². The normalized spacial score (nSPS) is 14.4. The molecule has 6 nitrogen and oxygen atoms in total. The molecule has 132 valence electrons. The lowest BCUT2D eigenvalue weighted by Crippen LogP contribution is -2.37. The molecule has 1 N–H and O–H groups in total. The highest BCUT2D eigenvalue weighted by molar-refractivity contribution is 5.99. The van der Waals surface area contributed by atoms with Gasteiger partial charge in [-0.25, -0.2) is 0 Å². The molecule has 6 heteroatoms. The SMILES string of the molecule is CC(=O)c1c[nH]c(C(=O)N(C)Cc2ccccc2N2CCOCC2)c1. The zero-order valence-electron chi connectivity index (χ0n) is 14.6. The number of ether oxygens (including phenoxy) is 1. The monoisotopic (exact) mass is 341 g/mol. The van der Waals surface area contributed by atoms with Gasteiger partial charge in [-0.1, -0.05) is 18.2 Å². The first-order chi connectivity index (χ1) is 12.1. The fourth-order valence-electron chi connectivity index (χ4n) is 3.01.